The topological polar surface area (TPSA) is 65.0 Å². The third-order valence-corrected chi connectivity index (χ3v) is 8.25. The van der Waals surface area contributed by atoms with E-state index < -0.39 is 23.5 Å². The van der Waals surface area contributed by atoms with Gasteiger partial charge >= 0.3 is 11.9 Å². The van der Waals surface area contributed by atoms with E-state index in [0.717, 1.165) is 36.0 Å². The minimum absolute atomic E-state index is 0.0178. The molecule has 0 bridgehead atoms. The Hall–Kier alpha value is -3.73. The number of rotatable bonds is 10. The summed E-state index contributed by atoms with van der Waals surface area (Å²) in [6.45, 7) is 12.2. The van der Waals surface area contributed by atoms with Gasteiger partial charge in [0, 0.05) is 17.0 Å². The van der Waals surface area contributed by atoms with Crippen molar-refractivity contribution in [3.05, 3.63) is 108 Å². The molecule has 5 heteroatoms. The standard InChI is InChI=1S/C38H47NO4/c1-26(2)31-23-22-27(3)24-33(31)42-34(40)25-32(28-16-10-7-11-17-28)36(37(41)43-38(4,5)6)39-35(29-18-12-8-13-19-29)30-20-14-9-15-21-30/h7-21,26-27,31-33,36H,22-25H2,1-6H3/t27-,31+,32+,33-,36+/m1/s1. The highest BCUT2D eigenvalue weighted by molar-refractivity contribution is 6.13. The molecule has 3 aromatic carbocycles. The largest absolute Gasteiger partial charge is 0.462 e. The summed E-state index contributed by atoms with van der Waals surface area (Å²) < 4.78 is 12.2. The van der Waals surface area contributed by atoms with Gasteiger partial charge in [0.05, 0.1) is 12.1 Å². The van der Waals surface area contributed by atoms with E-state index in [9.17, 15) is 9.59 Å². The van der Waals surface area contributed by atoms with E-state index in [1.54, 1.807) is 0 Å². The zero-order chi connectivity index (χ0) is 31.0. The third kappa shape index (κ3) is 9.13. The number of aliphatic imine (C=N–C) groups is 1. The molecular formula is C38H47NO4. The fraction of sp³-hybridized carbons (Fsp3) is 0.447. The van der Waals surface area contributed by atoms with Crippen LogP contribution in [0.5, 0.6) is 0 Å². The first-order valence-electron chi connectivity index (χ1n) is 15.7. The molecule has 0 aromatic heterocycles. The van der Waals surface area contributed by atoms with Crippen LogP contribution in [0.3, 0.4) is 0 Å². The summed E-state index contributed by atoms with van der Waals surface area (Å²) in [6.07, 6.45) is 2.97. The second-order valence-electron chi connectivity index (χ2n) is 13.3. The molecule has 1 aliphatic carbocycles. The second-order valence-corrected chi connectivity index (χ2v) is 13.3. The molecule has 0 heterocycles. The van der Waals surface area contributed by atoms with Gasteiger partial charge in [-0.1, -0.05) is 118 Å². The predicted molar refractivity (Wildman–Crippen MR) is 173 cm³/mol. The number of hydrogen-bond acceptors (Lipinski definition) is 5. The van der Waals surface area contributed by atoms with Crippen molar-refractivity contribution in [1.82, 2.24) is 0 Å². The van der Waals surface area contributed by atoms with Crippen molar-refractivity contribution >= 4 is 17.7 Å². The fourth-order valence-electron chi connectivity index (χ4n) is 6.07. The number of nitrogens with zero attached hydrogens (tertiary/aromatic N) is 1. The number of carbonyl (C=O) groups is 2. The smallest absolute Gasteiger partial charge is 0.332 e. The molecule has 5 atom stereocenters. The second kappa shape index (κ2) is 14.6. The zero-order valence-corrected chi connectivity index (χ0v) is 26.5. The van der Waals surface area contributed by atoms with Crippen LogP contribution in [0.25, 0.3) is 0 Å². The Kier molecular flexibility index (Phi) is 11.0. The fourth-order valence-corrected chi connectivity index (χ4v) is 6.07. The maximum atomic E-state index is 14.0. The molecule has 0 saturated heterocycles. The van der Waals surface area contributed by atoms with E-state index in [1.165, 1.54) is 0 Å². The number of ether oxygens (including phenoxy) is 2. The van der Waals surface area contributed by atoms with Crippen LogP contribution in [0.4, 0.5) is 0 Å². The van der Waals surface area contributed by atoms with Crippen molar-refractivity contribution in [3.8, 4) is 0 Å². The van der Waals surface area contributed by atoms with Gasteiger partial charge in [0.25, 0.3) is 0 Å². The maximum Gasteiger partial charge on any atom is 0.332 e. The SMILES string of the molecule is CC(C)[C@@H]1CC[C@@H](C)C[C@H]1OC(=O)C[C@@H](c1ccccc1)[C@H](N=C(c1ccccc1)c1ccccc1)C(=O)OC(C)(C)C. The minimum Gasteiger partial charge on any atom is -0.462 e. The molecule has 4 rings (SSSR count). The number of carbonyl (C=O) groups excluding carboxylic acids is 2. The van der Waals surface area contributed by atoms with Crippen molar-refractivity contribution in [3.63, 3.8) is 0 Å². The number of hydrogen-bond donors (Lipinski definition) is 0. The Balaban J connectivity index is 1.78. The first-order valence-corrected chi connectivity index (χ1v) is 15.7. The van der Waals surface area contributed by atoms with Crippen LogP contribution in [0.15, 0.2) is 96.0 Å². The van der Waals surface area contributed by atoms with Crippen LogP contribution in [0.1, 0.15) is 89.8 Å². The Bertz CT molecular complexity index is 1300. The van der Waals surface area contributed by atoms with Gasteiger partial charge in [-0.15, -0.1) is 0 Å². The lowest BCUT2D eigenvalue weighted by molar-refractivity contribution is -0.159. The normalized spacial score (nSPS) is 20.1. The highest BCUT2D eigenvalue weighted by Crippen LogP contribution is 2.37. The van der Waals surface area contributed by atoms with Crippen molar-refractivity contribution in [1.29, 1.82) is 0 Å². The van der Waals surface area contributed by atoms with Crippen LogP contribution in [-0.2, 0) is 19.1 Å². The minimum atomic E-state index is -0.976. The monoisotopic (exact) mass is 581 g/mol. The summed E-state index contributed by atoms with van der Waals surface area (Å²) in [7, 11) is 0. The van der Waals surface area contributed by atoms with Gasteiger partial charge in [-0.3, -0.25) is 9.79 Å². The zero-order valence-electron chi connectivity index (χ0n) is 26.5. The molecule has 1 aliphatic rings. The lowest BCUT2D eigenvalue weighted by Crippen LogP contribution is -2.38. The van der Waals surface area contributed by atoms with Gasteiger partial charge in [-0.2, -0.15) is 0 Å². The van der Waals surface area contributed by atoms with Crippen LogP contribution < -0.4 is 0 Å². The van der Waals surface area contributed by atoms with Crippen LogP contribution in [-0.4, -0.2) is 35.4 Å². The highest BCUT2D eigenvalue weighted by atomic mass is 16.6. The van der Waals surface area contributed by atoms with Crippen molar-refractivity contribution in [2.24, 2.45) is 22.7 Å². The van der Waals surface area contributed by atoms with Crippen LogP contribution >= 0.6 is 0 Å². The maximum absolute atomic E-state index is 14.0. The molecule has 0 unspecified atom stereocenters. The first-order chi connectivity index (χ1) is 20.5. The van der Waals surface area contributed by atoms with E-state index >= 15 is 0 Å². The average Bonchev–Trinajstić information content (AvgIpc) is 2.97. The number of esters is 2. The summed E-state index contributed by atoms with van der Waals surface area (Å²) in [5.74, 6) is -0.0831. The quantitative estimate of drug-likeness (QED) is 0.178. The van der Waals surface area contributed by atoms with E-state index in [1.807, 2.05) is 112 Å². The highest BCUT2D eigenvalue weighted by Gasteiger charge is 2.38. The molecule has 0 aliphatic heterocycles. The van der Waals surface area contributed by atoms with Crippen molar-refractivity contribution < 1.29 is 19.1 Å². The van der Waals surface area contributed by atoms with Crippen molar-refractivity contribution in [2.45, 2.75) is 90.9 Å². The molecule has 0 N–H and O–H groups in total. The molecule has 0 spiro atoms. The number of benzene rings is 3. The molecule has 228 valence electrons. The Morgan fingerprint density at radius 3 is 1.88 bits per heavy atom. The molecule has 1 fully saturated rings. The molecule has 0 radical (unpaired) electrons. The van der Waals surface area contributed by atoms with Crippen molar-refractivity contribution in [2.75, 3.05) is 0 Å². The van der Waals surface area contributed by atoms with Gasteiger partial charge in [0.2, 0.25) is 0 Å². The van der Waals surface area contributed by atoms with Gasteiger partial charge in [0.15, 0.2) is 6.04 Å². The summed E-state index contributed by atoms with van der Waals surface area (Å²) in [5, 5.41) is 0. The summed E-state index contributed by atoms with van der Waals surface area (Å²) in [4.78, 5) is 33.0. The predicted octanol–water partition coefficient (Wildman–Crippen LogP) is 8.41. The third-order valence-electron chi connectivity index (χ3n) is 8.25. The summed E-state index contributed by atoms with van der Waals surface area (Å²) >= 11 is 0. The Morgan fingerprint density at radius 2 is 1.37 bits per heavy atom. The van der Waals surface area contributed by atoms with Gasteiger partial charge in [-0.25, -0.2) is 4.79 Å². The molecular weight excluding hydrogens is 534 g/mol. The van der Waals surface area contributed by atoms with E-state index in [0.29, 0.717) is 23.5 Å². The Labute approximate surface area is 257 Å². The molecule has 0 amide bonds. The molecule has 43 heavy (non-hydrogen) atoms. The first kappa shape index (κ1) is 32.2. The van der Waals surface area contributed by atoms with Gasteiger partial charge < -0.3 is 9.47 Å². The molecule has 5 nitrogen and oxygen atoms in total. The van der Waals surface area contributed by atoms with E-state index in [-0.39, 0.29) is 18.5 Å². The Morgan fingerprint density at radius 1 is 0.837 bits per heavy atom. The molecule has 3 aromatic rings. The summed E-state index contributed by atoms with van der Waals surface area (Å²) in [6, 6.07) is 28.4. The van der Waals surface area contributed by atoms with E-state index in [4.69, 9.17) is 14.5 Å². The average molecular weight is 582 g/mol. The lowest BCUT2D eigenvalue weighted by Gasteiger charge is -2.37. The molecule has 1 saturated carbocycles. The van der Waals surface area contributed by atoms with Gasteiger partial charge in [-0.05, 0) is 56.9 Å². The van der Waals surface area contributed by atoms with Gasteiger partial charge in [0.1, 0.15) is 11.7 Å². The lowest BCUT2D eigenvalue weighted by atomic mass is 9.75. The van der Waals surface area contributed by atoms with E-state index in [2.05, 4.69) is 20.8 Å². The summed E-state index contributed by atoms with van der Waals surface area (Å²) in [5.41, 5.74) is 2.55. The van der Waals surface area contributed by atoms with Crippen LogP contribution in [0, 0.1) is 17.8 Å². The van der Waals surface area contributed by atoms with Crippen LogP contribution in [0.2, 0.25) is 0 Å².